The van der Waals surface area contributed by atoms with Crippen molar-refractivity contribution in [1.82, 2.24) is 5.32 Å². The predicted octanol–water partition coefficient (Wildman–Crippen LogP) is 2.45. The summed E-state index contributed by atoms with van der Waals surface area (Å²) in [6, 6.07) is 7.21. The van der Waals surface area contributed by atoms with Crippen LogP contribution in [-0.4, -0.2) is 13.1 Å². The molecule has 1 aromatic carbocycles. The fourth-order valence-corrected chi connectivity index (χ4v) is 1.45. The Kier molecular flexibility index (Phi) is 3.49. The zero-order valence-corrected chi connectivity index (χ0v) is 9.02. The second kappa shape index (κ2) is 4.43. The molecule has 13 heavy (non-hydrogen) atoms. The molecule has 0 saturated heterocycles. The van der Waals surface area contributed by atoms with Gasteiger partial charge < -0.3 is 5.32 Å². The topological polar surface area (TPSA) is 12.0 Å². The lowest BCUT2D eigenvalue weighted by Crippen LogP contribution is -2.23. The standard InChI is InChI=1S/C12H19N/c1-9-5-6-10(2)12(7-9)8-11(3)13-4/h5-7,11,13H,8H2,1-4H3. The highest BCUT2D eigenvalue weighted by Gasteiger charge is 2.03. The van der Waals surface area contributed by atoms with Crippen LogP contribution in [0.15, 0.2) is 18.2 Å². The van der Waals surface area contributed by atoms with E-state index in [-0.39, 0.29) is 0 Å². The lowest BCUT2D eigenvalue weighted by Gasteiger charge is -2.12. The smallest absolute Gasteiger partial charge is 0.00762 e. The van der Waals surface area contributed by atoms with Crippen LogP contribution in [0.5, 0.6) is 0 Å². The van der Waals surface area contributed by atoms with E-state index in [1.807, 2.05) is 7.05 Å². The van der Waals surface area contributed by atoms with E-state index < -0.39 is 0 Å². The maximum atomic E-state index is 3.26. The Hall–Kier alpha value is -0.820. The van der Waals surface area contributed by atoms with E-state index in [2.05, 4.69) is 44.3 Å². The maximum absolute atomic E-state index is 3.26. The average molecular weight is 177 g/mol. The van der Waals surface area contributed by atoms with Crippen molar-refractivity contribution < 1.29 is 0 Å². The number of rotatable bonds is 3. The van der Waals surface area contributed by atoms with Gasteiger partial charge in [-0.1, -0.05) is 23.8 Å². The van der Waals surface area contributed by atoms with Gasteiger partial charge in [0.2, 0.25) is 0 Å². The number of nitrogens with one attached hydrogen (secondary N) is 1. The second-order valence-electron chi connectivity index (χ2n) is 3.82. The zero-order valence-electron chi connectivity index (χ0n) is 9.02. The van der Waals surface area contributed by atoms with Crippen LogP contribution in [-0.2, 0) is 6.42 Å². The number of aryl methyl sites for hydroxylation is 2. The lowest BCUT2D eigenvalue weighted by molar-refractivity contribution is 0.607. The summed E-state index contributed by atoms with van der Waals surface area (Å²) in [6.07, 6.45) is 1.12. The van der Waals surface area contributed by atoms with E-state index in [1.165, 1.54) is 16.7 Å². The summed E-state index contributed by atoms with van der Waals surface area (Å²) in [7, 11) is 2.01. The molecule has 0 aliphatic carbocycles. The molecular formula is C12H19N. The first-order chi connectivity index (χ1) is 6.13. The summed E-state index contributed by atoms with van der Waals surface area (Å²) in [5, 5.41) is 3.26. The Bertz CT molecular complexity index is 278. The van der Waals surface area contributed by atoms with E-state index >= 15 is 0 Å². The van der Waals surface area contributed by atoms with Gasteiger partial charge >= 0.3 is 0 Å². The van der Waals surface area contributed by atoms with Gasteiger partial charge in [0.1, 0.15) is 0 Å². The van der Waals surface area contributed by atoms with Gasteiger partial charge in [-0.2, -0.15) is 0 Å². The molecule has 1 aromatic rings. The van der Waals surface area contributed by atoms with Crippen LogP contribution in [0, 0.1) is 13.8 Å². The van der Waals surface area contributed by atoms with E-state index in [4.69, 9.17) is 0 Å². The molecule has 1 unspecified atom stereocenters. The van der Waals surface area contributed by atoms with Crippen molar-refractivity contribution in [2.24, 2.45) is 0 Å². The average Bonchev–Trinajstić information content (AvgIpc) is 2.11. The minimum Gasteiger partial charge on any atom is -0.317 e. The minimum absolute atomic E-state index is 0.556. The highest BCUT2D eigenvalue weighted by atomic mass is 14.8. The summed E-state index contributed by atoms with van der Waals surface area (Å²) >= 11 is 0. The Morgan fingerprint density at radius 1 is 1.31 bits per heavy atom. The highest BCUT2D eigenvalue weighted by Crippen LogP contribution is 2.12. The molecule has 72 valence electrons. The summed E-state index contributed by atoms with van der Waals surface area (Å²) in [5.41, 5.74) is 4.21. The Morgan fingerprint density at radius 3 is 2.62 bits per heavy atom. The molecule has 0 aromatic heterocycles. The molecule has 1 heteroatoms. The molecule has 1 rings (SSSR count). The van der Waals surface area contributed by atoms with Gasteiger partial charge in [0.05, 0.1) is 0 Å². The summed E-state index contributed by atoms with van der Waals surface area (Å²) in [6.45, 7) is 6.53. The largest absolute Gasteiger partial charge is 0.317 e. The van der Waals surface area contributed by atoms with Crippen LogP contribution < -0.4 is 5.32 Å². The van der Waals surface area contributed by atoms with Crippen molar-refractivity contribution in [1.29, 1.82) is 0 Å². The van der Waals surface area contributed by atoms with Gasteiger partial charge in [-0.25, -0.2) is 0 Å². The van der Waals surface area contributed by atoms with Gasteiger partial charge in [-0.3, -0.25) is 0 Å². The first-order valence-corrected chi connectivity index (χ1v) is 4.87. The van der Waals surface area contributed by atoms with Crippen molar-refractivity contribution >= 4 is 0 Å². The third-order valence-electron chi connectivity index (χ3n) is 2.52. The minimum atomic E-state index is 0.556. The van der Waals surface area contributed by atoms with Crippen LogP contribution in [0.4, 0.5) is 0 Å². The molecule has 0 spiro atoms. The van der Waals surface area contributed by atoms with Gasteiger partial charge in [-0.05, 0) is 45.4 Å². The van der Waals surface area contributed by atoms with Crippen LogP contribution >= 0.6 is 0 Å². The molecule has 0 amide bonds. The second-order valence-corrected chi connectivity index (χ2v) is 3.82. The van der Waals surface area contributed by atoms with Crippen LogP contribution in [0.2, 0.25) is 0 Å². The van der Waals surface area contributed by atoms with Gasteiger partial charge in [0.15, 0.2) is 0 Å². The number of benzene rings is 1. The van der Waals surface area contributed by atoms with Crippen molar-refractivity contribution in [3.05, 3.63) is 34.9 Å². The number of hydrogen-bond acceptors (Lipinski definition) is 1. The first kappa shape index (κ1) is 10.3. The third kappa shape index (κ3) is 2.85. The van der Waals surface area contributed by atoms with Crippen LogP contribution in [0.1, 0.15) is 23.6 Å². The van der Waals surface area contributed by atoms with Crippen molar-refractivity contribution in [2.45, 2.75) is 33.2 Å². The molecule has 0 aliphatic rings. The predicted molar refractivity (Wildman–Crippen MR) is 58.1 cm³/mol. The molecule has 0 bridgehead atoms. The van der Waals surface area contributed by atoms with Gasteiger partial charge in [-0.15, -0.1) is 0 Å². The van der Waals surface area contributed by atoms with Crippen LogP contribution in [0.3, 0.4) is 0 Å². The zero-order chi connectivity index (χ0) is 9.84. The molecular weight excluding hydrogens is 158 g/mol. The third-order valence-corrected chi connectivity index (χ3v) is 2.52. The Labute approximate surface area is 81.2 Å². The lowest BCUT2D eigenvalue weighted by atomic mass is 10.00. The molecule has 1 atom stereocenters. The quantitative estimate of drug-likeness (QED) is 0.748. The van der Waals surface area contributed by atoms with E-state index in [0.717, 1.165) is 6.42 Å². The summed E-state index contributed by atoms with van der Waals surface area (Å²) in [4.78, 5) is 0. The van der Waals surface area contributed by atoms with E-state index in [9.17, 15) is 0 Å². The number of hydrogen-bond donors (Lipinski definition) is 1. The fraction of sp³-hybridized carbons (Fsp3) is 0.500. The van der Waals surface area contributed by atoms with Crippen molar-refractivity contribution in [3.63, 3.8) is 0 Å². The van der Waals surface area contributed by atoms with Crippen molar-refractivity contribution in [3.8, 4) is 0 Å². The van der Waals surface area contributed by atoms with E-state index in [0.29, 0.717) is 6.04 Å². The monoisotopic (exact) mass is 177 g/mol. The van der Waals surface area contributed by atoms with Gasteiger partial charge in [0.25, 0.3) is 0 Å². The highest BCUT2D eigenvalue weighted by molar-refractivity contribution is 5.30. The number of likely N-dealkylation sites (N-methyl/N-ethyl adjacent to an activating group) is 1. The SMILES string of the molecule is CNC(C)Cc1cc(C)ccc1C. The normalized spacial score (nSPS) is 12.9. The Balaban J connectivity index is 2.81. The maximum Gasteiger partial charge on any atom is 0.00762 e. The molecule has 0 fully saturated rings. The molecule has 0 radical (unpaired) electrons. The van der Waals surface area contributed by atoms with E-state index in [1.54, 1.807) is 0 Å². The summed E-state index contributed by atoms with van der Waals surface area (Å²) in [5.74, 6) is 0. The fourth-order valence-electron chi connectivity index (χ4n) is 1.45. The molecule has 0 heterocycles. The van der Waals surface area contributed by atoms with Gasteiger partial charge in [0, 0.05) is 6.04 Å². The molecule has 1 nitrogen and oxygen atoms in total. The Morgan fingerprint density at radius 2 is 2.00 bits per heavy atom. The molecule has 0 saturated carbocycles. The summed E-state index contributed by atoms with van der Waals surface area (Å²) < 4.78 is 0. The van der Waals surface area contributed by atoms with Crippen LogP contribution in [0.25, 0.3) is 0 Å². The molecule has 1 N–H and O–H groups in total. The molecule has 0 aliphatic heterocycles. The first-order valence-electron chi connectivity index (χ1n) is 4.87. The van der Waals surface area contributed by atoms with Crippen molar-refractivity contribution in [2.75, 3.05) is 7.05 Å².